The number of likely N-dealkylation sites (tertiary alicyclic amines) is 1. The van der Waals surface area contributed by atoms with Gasteiger partial charge in [-0.2, -0.15) is 0 Å². The molecule has 0 radical (unpaired) electrons. The Morgan fingerprint density at radius 2 is 1.68 bits per heavy atom. The topological polar surface area (TPSA) is 87.7 Å². The van der Waals surface area contributed by atoms with Crippen LogP contribution in [0, 0.1) is 11.8 Å². The zero-order valence-electron chi connectivity index (χ0n) is 22.0. The number of piperidine rings is 1. The molecule has 38 heavy (non-hydrogen) atoms. The van der Waals surface area contributed by atoms with Crippen molar-refractivity contribution in [3.05, 3.63) is 83.9 Å². The fraction of sp³-hybridized carbons (Fsp3) is 0.452. The van der Waals surface area contributed by atoms with Crippen molar-refractivity contribution in [1.82, 2.24) is 15.5 Å². The number of benzene rings is 2. The first-order valence-electron chi connectivity index (χ1n) is 13.8. The summed E-state index contributed by atoms with van der Waals surface area (Å²) >= 11 is 0. The summed E-state index contributed by atoms with van der Waals surface area (Å²) in [4.78, 5) is 40.6. The minimum atomic E-state index is -0.557. The Balaban J connectivity index is 1.25. The van der Waals surface area contributed by atoms with Crippen molar-refractivity contribution in [2.45, 2.75) is 51.2 Å². The van der Waals surface area contributed by atoms with Crippen molar-refractivity contribution in [2.24, 2.45) is 11.8 Å². The van der Waals surface area contributed by atoms with Gasteiger partial charge < -0.3 is 15.4 Å². The lowest BCUT2D eigenvalue weighted by atomic mass is 9.95. The Bertz CT molecular complexity index is 1070. The molecule has 2 aliphatic heterocycles. The molecule has 0 aliphatic carbocycles. The van der Waals surface area contributed by atoms with Crippen LogP contribution in [0.2, 0.25) is 0 Å². The Morgan fingerprint density at radius 1 is 0.974 bits per heavy atom. The summed E-state index contributed by atoms with van der Waals surface area (Å²) in [6.07, 6.45) is 6.76. The standard InChI is InChI=1S/C31H39N3O4/c35-29(32-21-24-16-18-34(19-17-24)23-25-10-4-1-5-11-25)20-27-14-8-3-9-15-30(36)38-28(22-33-31(27)37)26-12-6-2-7-13-26/h1-8,10-13,24,27-28H,9,14-23H2,(H,32,35)(H,33,37)/b8-3+. The maximum atomic E-state index is 13.0. The van der Waals surface area contributed by atoms with Crippen LogP contribution >= 0.6 is 0 Å². The number of carbonyl (C=O) groups excluding carboxylic acids is 3. The van der Waals surface area contributed by atoms with E-state index in [1.165, 1.54) is 5.56 Å². The molecule has 2 N–H and O–H groups in total. The highest BCUT2D eigenvalue weighted by atomic mass is 16.5. The van der Waals surface area contributed by atoms with Crippen molar-refractivity contribution in [2.75, 3.05) is 26.2 Å². The predicted molar refractivity (Wildman–Crippen MR) is 147 cm³/mol. The van der Waals surface area contributed by atoms with Crippen molar-refractivity contribution < 1.29 is 19.1 Å². The summed E-state index contributed by atoms with van der Waals surface area (Å²) in [5.74, 6) is -0.594. The monoisotopic (exact) mass is 517 g/mol. The molecular weight excluding hydrogens is 478 g/mol. The maximum absolute atomic E-state index is 13.0. The van der Waals surface area contributed by atoms with E-state index < -0.39 is 12.0 Å². The van der Waals surface area contributed by atoms with Gasteiger partial charge in [0, 0.05) is 25.9 Å². The second-order valence-corrected chi connectivity index (χ2v) is 10.3. The molecule has 0 aromatic heterocycles. The number of hydrogen-bond donors (Lipinski definition) is 2. The fourth-order valence-electron chi connectivity index (χ4n) is 5.06. The predicted octanol–water partition coefficient (Wildman–Crippen LogP) is 4.16. The third-order valence-corrected chi connectivity index (χ3v) is 7.36. The lowest BCUT2D eigenvalue weighted by Crippen LogP contribution is -2.40. The highest BCUT2D eigenvalue weighted by Gasteiger charge is 2.25. The SMILES string of the molecule is O=C(CC1C/C=C/CCC(=O)OC(c2ccccc2)CNC1=O)NCC1CCN(Cc2ccccc2)CC1. The zero-order valence-corrected chi connectivity index (χ0v) is 22.0. The molecule has 2 amide bonds. The van der Waals surface area contributed by atoms with Crippen LogP contribution in [0.5, 0.6) is 0 Å². The molecule has 2 unspecified atom stereocenters. The third-order valence-electron chi connectivity index (χ3n) is 7.36. The minimum Gasteiger partial charge on any atom is -0.456 e. The summed E-state index contributed by atoms with van der Waals surface area (Å²) in [7, 11) is 0. The number of ether oxygens (including phenoxy) is 1. The average molecular weight is 518 g/mol. The molecule has 7 heteroatoms. The molecule has 2 aromatic carbocycles. The van der Waals surface area contributed by atoms with E-state index in [0.29, 0.717) is 25.3 Å². The van der Waals surface area contributed by atoms with Crippen molar-refractivity contribution in [1.29, 1.82) is 0 Å². The van der Waals surface area contributed by atoms with Gasteiger partial charge in [0.15, 0.2) is 0 Å². The van der Waals surface area contributed by atoms with Crippen LogP contribution in [0.25, 0.3) is 0 Å². The highest BCUT2D eigenvalue weighted by Crippen LogP contribution is 2.21. The quantitative estimate of drug-likeness (QED) is 0.425. The van der Waals surface area contributed by atoms with Crippen molar-refractivity contribution in [3.63, 3.8) is 0 Å². The number of nitrogens with zero attached hydrogens (tertiary/aromatic N) is 1. The van der Waals surface area contributed by atoms with E-state index in [1.807, 2.05) is 48.6 Å². The van der Waals surface area contributed by atoms with Gasteiger partial charge in [-0.05, 0) is 55.8 Å². The molecule has 0 bridgehead atoms. The minimum absolute atomic E-state index is 0.0941. The Labute approximate surface area is 225 Å². The molecular formula is C31H39N3O4. The van der Waals surface area contributed by atoms with Gasteiger partial charge in [-0.1, -0.05) is 72.8 Å². The van der Waals surface area contributed by atoms with Gasteiger partial charge in [-0.15, -0.1) is 0 Å². The zero-order chi connectivity index (χ0) is 26.6. The largest absolute Gasteiger partial charge is 0.456 e. The number of carbonyl (C=O) groups is 3. The van der Waals surface area contributed by atoms with Gasteiger partial charge >= 0.3 is 5.97 Å². The second kappa shape index (κ2) is 14.5. The van der Waals surface area contributed by atoms with E-state index in [2.05, 4.69) is 39.8 Å². The molecule has 1 saturated heterocycles. The van der Waals surface area contributed by atoms with Gasteiger partial charge in [-0.25, -0.2) is 0 Å². The third kappa shape index (κ3) is 8.84. The molecule has 4 rings (SSSR count). The molecule has 202 valence electrons. The molecule has 1 fully saturated rings. The molecule has 2 atom stereocenters. The van der Waals surface area contributed by atoms with E-state index in [0.717, 1.165) is 38.0 Å². The first-order valence-corrected chi connectivity index (χ1v) is 13.8. The lowest BCUT2D eigenvalue weighted by molar-refractivity contribution is -0.150. The van der Waals surface area contributed by atoms with E-state index in [4.69, 9.17) is 4.74 Å². The summed E-state index contributed by atoms with van der Waals surface area (Å²) in [5.41, 5.74) is 2.16. The van der Waals surface area contributed by atoms with Crippen LogP contribution in [0.4, 0.5) is 0 Å². The van der Waals surface area contributed by atoms with Crippen LogP contribution in [-0.4, -0.2) is 48.9 Å². The van der Waals surface area contributed by atoms with Crippen molar-refractivity contribution in [3.8, 4) is 0 Å². The number of rotatable bonds is 7. The first kappa shape index (κ1) is 27.6. The maximum Gasteiger partial charge on any atom is 0.306 e. The molecule has 2 aromatic rings. The number of esters is 1. The molecule has 0 saturated carbocycles. The van der Waals surface area contributed by atoms with E-state index >= 15 is 0 Å². The van der Waals surface area contributed by atoms with Crippen LogP contribution in [0.1, 0.15) is 55.8 Å². The summed E-state index contributed by atoms with van der Waals surface area (Å²) in [5, 5.41) is 6.00. The number of nitrogens with one attached hydrogen (secondary N) is 2. The number of hydrogen-bond acceptors (Lipinski definition) is 5. The Morgan fingerprint density at radius 3 is 2.42 bits per heavy atom. The van der Waals surface area contributed by atoms with Crippen LogP contribution in [0.15, 0.2) is 72.8 Å². The summed E-state index contributed by atoms with van der Waals surface area (Å²) in [6, 6.07) is 19.9. The van der Waals surface area contributed by atoms with Crippen molar-refractivity contribution >= 4 is 17.8 Å². The van der Waals surface area contributed by atoms with Gasteiger partial charge in [0.05, 0.1) is 12.5 Å². The van der Waals surface area contributed by atoms with Crippen LogP contribution < -0.4 is 10.6 Å². The van der Waals surface area contributed by atoms with E-state index in [-0.39, 0.29) is 37.2 Å². The smallest absolute Gasteiger partial charge is 0.306 e. The van der Waals surface area contributed by atoms with Gasteiger partial charge in [0.25, 0.3) is 0 Å². The van der Waals surface area contributed by atoms with Gasteiger partial charge in [0.2, 0.25) is 11.8 Å². The van der Waals surface area contributed by atoms with Gasteiger partial charge in [0.1, 0.15) is 6.10 Å². The van der Waals surface area contributed by atoms with Gasteiger partial charge in [-0.3, -0.25) is 19.3 Å². The molecule has 2 heterocycles. The van der Waals surface area contributed by atoms with E-state index in [9.17, 15) is 14.4 Å². The van der Waals surface area contributed by atoms with Crippen LogP contribution in [-0.2, 0) is 25.7 Å². The molecule has 7 nitrogen and oxygen atoms in total. The number of cyclic esters (lactones) is 1. The highest BCUT2D eigenvalue weighted by molar-refractivity contribution is 5.86. The second-order valence-electron chi connectivity index (χ2n) is 10.3. The van der Waals surface area contributed by atoms with Crippen LogP contribution in [0.3, 0.4) is 0 Å². The lowest BCUT2D eigenvalue weighted by Gasteiger charge is -2.32. The molecule has 0 spiro atoms. The summed E-state index contributed by atoms with van der Waals surface area (Å²) < 4.78 is 5.65. The van der Waals surface area contributed by atoms with E-state index in [1.54, 1.807) is 0 Å². The Hall–Kier alpha value is -3.45. The fourth-order valence-corrected chi connectivity index (χ4v) is 5.06. The first-order chi connectivity index (χ1) is 18.6. The number of amides is 2. The average Bonchev–Trinajstić information content (AvgIpc) is 2.94. The number of allylic oxidation sites excluding steroid dienone is 2. The normalized spacial score (nSPS) is 22.8. The molecule has 2 aliphatic rings. The Kier molecular flexibility index (Phi) is 10.5. The summed E-state index contributed by atoms with van der Waals surface area (Å²) in [6.45, 7) is 3.84.